The molecule has 2 aromatic rings. The molecule has 72 valence electrons. The summed E-state index contributed by atoms with van der Waals surface area (Å²) in [6, 6.07) is 8.59. The third-order valence-corrected chi connectivity index (χ3v) is 2.20. The smallest absolute Gasteiger partial charge is 0.859 e. The van der Waals surface area contributed by atoms with Gasteiger partial charge in [-0.1, -0.05) is 23.7 Å². The maximum Gasteiger partial charge on any atom is 1.00 e. The monoisotopic (exact) mass is 230 g/mol. The Morgan fingerprint density at radius 1 is 1.33 bits per heavy atom. The largest absolute Gasteiger partial charge is 1.00 e. The van der Waals surface area contributed by atoms with Crippen LogP contribution in [0, 0.1) is 6.92 Å². The molecule has 15 heavy (non-hydrogen) atoms. The van der Waals surface area contributed by atoms with E-state index in [4.69, 9.17) is 11.6 Å². The van der Waals surface area contributed by atoms with Crippen LogP contribution in [0.2, 0.25) is 5.02 Å². The standard InChI is InChI=1S/C10H9ClN2O.Na/c1-7-6-10(14)13(12-7)9-5-3-2-4-8(9)11;/h2-6,14H,1H3;/q;+1/p-1. The second kappa shape index (κ2) is 5.03. The molecule has 0 spiro atoms. The van der Waals surface area contributed by atoms with Crippen molar-refractivity contribution in [1.29, 1.82) is 0 Å². The molecule has 0 atom stereocenters. The van der Waals surface area contributed by atoms with Gasteiger partial charge in [0.15, 0.2) is 0 Å². The van der Waals surface area contributed by atoms with Crippen molar-refractivity contribution in [2.75, 3.05) is 0 Å². The number of rotatable bonds is 1. The molecule has 3 nitrogen and oxygen atoms in total. The molecule has 0 saturated carbocycles. The van der Waals surface area contributed by atoms with E-state index in [1.807, 2.05) is 12.1 Å². The molecule has 0 aliphatic rings. The van der Waals surface area contributed by atoms with Crippen LogP contribution in [0.3, 0.4) is 0 Å². The maximum atomic E-state index is 11.4. The Bertz CT molecular complexity index is 470. The van der Waals surface area contributed by atoms with Crippen molar-refractivity contribution in [3.8, 4) is 11.6 Å². The third-order valence-electron chi connectivity index (χ3n) is 1.88. The van der Waals surface area contributed by atoms with Gasteiger partial charge in [0.1, 0.15) is 0 Å². The van der Waals surface area contributed by atoms with E-state index < -0.39 is 0 Å². The summed E-state index contributed by atoms with van der Waals surface area (Å²) in [7, 11) is 0. The van der Waals surface area contributed by atoms with Gasteiger partial charge in [0.2, 0.25) is 0 Å². The van der Waals surface area contributed by atoms with Crippen LogP contribution in [-0.4, -0.2) is 9.78 Å². The SMILES string of the molecule is Cc1cc([O-])n(-c2ccccc2Cl)n1.[Na+]. The fourth-order valence-electron chi connectivity index (χ4n) is 1.27. The van der Waals surface area contributed by atoms with Crippen molar-refractivity contribution in [2.45, 2.75) is 6.92 Å². The normalized spacial score (nSPS) is 9.73. The average molecular weight is 231 g/mol. The first-order valence-corrected chi connectivity index (χ1v) is 4.55. The first-order chi connectivity index (χ1) is 6.68. The van der Waals surface area contributed by atoms with E-state index in [1.54, 1.807) is 19.1 Å². The summed E-state index contributed by atoms with van der Waals surface area (Å²) >= 11 is 5.94. The molecule has 0 amide bonds. The van der Waals surface area contributed by atoms with Crippen LogP contribution in [0.4, 0.5) is 0 Å². The van der Waals surface area contributed by atoms with E-state index in [2.05, 4.69) is 5.10 Å². The van der Waals surface area contributed by atoms with E-state index in [9.17, 15) is 5.11 Å². The van der Waals surface area contributed by atoms with Crippen molar-refractivity contribution in [2.24, 2.45) is 0 Å². The summed E-state index contributed by atoms with van der Waals surface area (Å²) in [5.41, 5.74) is 1.31. The molecule has 1 aromatic heterocycles. The molecule has 0 fully saturated rings. The minimum absolute atomic E-state index is 0. The van der Waals surface area contributed by atoms with Gasteiger partial charge in [-0.2, -0.15) is 5.10 Å². The van der Waals surface area contributed by atoms with Crippen molar-refractivity contribution < 1.29 is 34.7 Å². The van der Waals surface area contributed by atoms with Crippen molar-refractivity contribution in [3.63, 3.8) is 0 Å². The van der Waals surface area contributed by atoms with Gasteiger partial charge in [-0.15, -0.1) is 0 Å². The molecule has 1 heterocycles. The fraction of sp³-hybridized carbons (Fsp3) is 0.100. The van der Waals surface area contributed by atoms with Crippen molar-refractivity contribution in [3.05, 3.63) is 41.0 Å². The first-order valence-electron chi connectivity index (χ1n) is 4.17. The van der Waals surface area contributed by atoms with Crippen LogP contribution in [0.5, 0.6) is 5.88 Å². The maximum absolute atomic E-state index is 11.4. The summed E-state index contributed by atoms with van der Waals surface area (Å²) in [5, 5.41) is 16.0. The number of hydrogen-bond donors (Lipinski definition) is 0. The molecule has 1 aromatic carbocycles. The van der Waals surface area contributed by atoms with Crippen LogP contribution < -0.4 is 34.7 Å². The Kier molecular flexibility index (Phi) is 4.22. The molecular formula is C10H8ClN2NaO. The number of aromatic nitrogens is 2. The van der Waals surface area contributed by atoms with Crippen LogP contribution in [0.1, 0.15) is 5.69 Å². The predicted octanol–water partition coefficient (Wildman–Crippen LogP) is -1.09. The van der Waals surface area contributed by atoms with E-state index in [0.717, 1.165) is 0 Å². The molecule has 0 aliphatic carbocycles. The zero-order valence-corrected chi connectivity index (χ0v) is 11.3. The van der Waals surface area contributed by atoms with Crippen LogP contribution in [0.25, 0.3) is 5.69 Å². The molecule has 5 heteroatoms. The second-order valence-electron chi connectivity index (χ2n) is 2.99. The predicted molar refractivity (Wildman–Crippen MR) is 52.8 cm³/mol. The molecule has 0 N–H and O–H groups in total. The van der Waals surface area contributed by atoms with E-state index in [0.29, 0.717) is 16.4 Å². The quantitative estimate of drug-likeness (QED) is 0.585. The summed E-state index contributed by atoms with van der Waals surface area (Å²) in [6.07, 6.45) is 0. The fourth-order valence-corrected chi connectivity index (χ4v) is 1.49. The molecule has 0 saturated heterocycles. The number of para-hydroxylation sites is 1. The van der Waals surface area contributed by atoms with E-state index >= 15 is 0 Å². The third kappa shape index (κ3) is 2.55. The summed E-state index contributed by atoms with van der Waals surface area (Å²) in [4.78, 5) is 0. The molecule has 2 rings (SSSR count). The van der Waals surface area contributed by atoms with Crippen LogP contribution in [-0.2, 0) is 0 Å². The molecular weight excluding hydrogens is 223 g/mol. The summed E-state index contributed by atoms with van der Waals surface area (Å²) < 4.78 is 1.30. The zero-order chi connectivity index (χ0) is 10.1. The number of halogens is 1. The Morgan fingerprint density at radius 2 is 2.00 bits per heavy atom. The van der Waals surface area contributed by atoms with Gasteiger partial charge in [-0.05, 0) is 31.0 Å². The number of nitrogens with zero attached hydrogens (tertiary/aromatic N) is 2. The van der Waals surface area contributed by atoms with Gasteiger partial charge < -0.3 is 5.11 Å². The molecule has 0 bridgehead atoms. The Labute approximate surface area is 115 Å². The minimum Gasteiger partial charge on any atom is -0.859 e. The van der Waals surface area contributed by atoms with Gasteiger partial charge >= 0.3 is 29.6 Å². The zero-order valence-electron chi connectivity index (χ0n) is 8.57. The molecule has 0 unspecified atom stereocenters. The first kappa shape index (κ1) is 12.6. The number of benzene rings is 1. The second-order valence-corrected chi connectivity index (χ2v) is 3.39. The topological polar surface area (TPSA) is 40.9 Å². The van der Waals surface area contributed by atoms with E-state index in [-0.39, 0.29) is 35.4 Å². The summed E-state index contributed by atoms with van der Waals surface area (Å²) in [5.74, 6) is -0.157. The van der Waals surface area contributed by atoms with Crippen molar-refractivity contribution >= 4 is 11.6 Å². The average Bonchev–Trinajstić information content (AvgIpc) is 2.46. The molecule has 0 aliphatic heterocycles. The number of aryl methyl sites for hydroxylation is 1. The Morgan fingerprint density at radius 3 is 2.53 bits per heavy atom. The molecule has 0 radical (unpaired) electrons. The summed E-state index contributed by atoms with van der Waals surface area (Å²) in [6.45, 7) is 1.77. The minimum atomic E-state index is -0.157. The Hall–Kier alpha value is -0.480. The van der Waals surface area contributed by atoms with Gasteiger partial charge in [0.05, 0.1) is 16.4 Å². The van der Waals surface area contributed by atoms with Crippen molar-refractivity contribution in [1.82, 2.24) is 9.78 Å². The van der Waals surface area contributed by atoms with Gasteiger partial charge in [-0.3, -0.25) is 0 Å². The van der Waals surface area contributed by atoms with Gasteiger partial charge in [0.25, 0.3) is 0 Å². The van der Waals surface area contributed by atoms with Crippen LogP contribution >= 0.6 is 11.6 Å². The Balaban J connectivity index is 0.00000112. The van der Waals surface area contributed by atoms with Gasteiger partial charge in [-0.25, -0.2) is 4.68 Å². The van der Waals surface area contributed by atoms with Crippen LogP contribution in [0.15, 0.2) is 30.3 Å². The number of hydrogen-bond acceptors (Lipinski definition) is 2. The van der Waals surface area contributed by atoms with Gasteiger partial charge in [0, 0.05) is 0 Å². The van der Waals surface area contributed by atoms with E-state index in [1.165, 1.54) is 10.7 Å².